The number of likely N-dealkylation sites (tertiary alicyclic amines) is 1. The molecule has 20 heavy (non-hydrogen) atoms. The van der Waals surface area contributed by atoms with Crippen LogP contribution < -0.4 is 9.64 Å². The number of anilines is 1. The van der Waals surface area contributed by atoms with E-state index in [2.05, 4.69) is 19.8 Å². The number of hydrogen-bond donors (Lipinski definition) is 0. The van der Waals surface area contributed by atoms with Crippen LogP contribution in [0.1, 0.15) is 25.7 Å². The van der Waals surface area contributed by atoms with Crippen molar-refractivity contribution < 1.29 is 4.74 Å². The van der Waals surface area contributed by atoms with Gasteiger partial charge in [-0.05, 0) is 31.6 Å². The second kappa shape index (κ2) is 4.58. The highest BCUT2D eigenvalue weighted by Crippen LogP contribution is 2.43. The zero-order valence-corrected chi connectivity index (χ0v) is 12.1. The average molecular weight is 274 g/mol. The summed E-state index contributed by atoms with van der Waals surface area (Å²) in [5, 5.41) is 0. The molecular weight excluding hydrogens is 252 g/mol. The van der Waals surface area contributed by atoms with Crippen LogP contribution in [0.25, 0.3) is 0 Å². The van der Waals surface area contributed by atoms with E-state index < -0.39 is 0 Å². The van der Waals surface area contributed by atoms with E-state index in [9.17, 15) is 0 Å². The number of ether oxygens (including phenoxy) is 1. The van der Waals surface area contributed by atoms with Crippen molar-refractivity contribution in [3.63, 3.8) is 0 Å². The predicted octanol–water partition coefficient (Wildman–Crippen LogP) is 1.55. The van der Waals surface area contributed by atoms with Crippen molar-refractivity contribution in [2.75, 3.05) is 38.2 Å². The first kappa shape index (κ1) is 12.4. The van der Waals surface area contributed by atoms with Crippen molar-refractivity contribution in [3.8, 4) is 5.88 Å². The Morgan fingerprint density at radius 1 is 1.30 bits per heavy atom. The molecule has 3 aliphatic rings. The molecule has 2 aliphatic heterocycles. The quantitative estimate of drug-likeness (QED) is 0.833. The first-order valence-corrected chi connectivity index (χ1v) is 7.65. The summed E-state index contributed by atoms with van der Waals surface area (Å²) < 4.78 is 5.20. The van der Waals surface area contributed by atoms with Gasteiger partial charge in [0.2, 0.25) is 5.88 Å². The topological polar surface area (TPSA) is 41.5 Å². The molecule has 0 N–H and O–H groups in total. The molecule has 0 radical (unpaired) electrons. The maximum atomic E-state index is 5.20. The Morgan fingerprint density at radius 2 is 2.15 bits per heavy atom. The highest BCUT2D eigenvalue weighted by atomic mass is 16.5. The molecule has 2 saturated heterocycles. The normalized spacial score (nSPS) is 29.8. The summed E-state index contributed by atoms with van der Waals surface area (Å²) in [5.41, 5.74) is 0.431. The van der Waals surface area contributed by atoms with Crippen molar-refractivity contribution in [2.24, 2.45) is 5.92 Å². The maximum absolute atomic E-state index is 5.20. The van der Waals surface area contributed by atoms with E-state index in [0.29, 0.717) is 11.4 Å². The molecule has 4 rings (SSSR count). The van der Waals surface area contributed by atoms with Gasteiger partial charge >= 0.3 is 0 Å². The maximum Gasteiger partial charge on any atom is 0.218 e. The van der Waals surface area contributed by atoms with Gasteiger partial charge in [0.05, 0.1) is 7.11 Å². The number of nitrogens with zero attached hydrogens (tertiary/aromatic N) is 4. The Labute approximate surface area is 120 Å². The third-order valence-corrected chi connectivity index (χ3v) is 5.19. The molecule has 1 atom stereocenters. The van der Waals surface area contributed by atoms with Crippen LogP contribution in [0.4, 0.5) is 5.82 Å². The van der Waals surface area contributed by atoms with E-state index in [1.807, 2.05) is 6.07 Å². The first-order valence-electron chi connectivity index (χ1n) is 7.65. The minimum Gasteiger partial charge on any atom is -0.481 e. The third kappa shape index (κ3) is 2.04. The minimum absolute atomic E-state index is 0.431. The van der Waals surface area contributed by atoms with E-state index >= 15 is 0 Å². The highest BCUT2D eigenvalue weighted by molar-refractivity contribution is 5.43. The zero-order chi connectivity index (χ0) is 13.6. The Kier molecular flexibility index (Phi) is 2.84. The largest absolute Gasteiger partial charge is 0.481 e. The highest BCUT2D eigenvalue weighted by Gasteiger charge is 2.50. The van der Waals surface area contributed by atoms with Crippen molar-refractivity contribution in [1.29, 1.82) is 0 Å². The van der Waals surface area contributed by atoms with Crippen molar-refractivity contribution in [1.82, 2.24) is 14.9 Å². The Balaban J connectivity index is 1.46. The fourth-order valence-electron chi connectivity index (χ4n) is 3.61. The summed E-state index contributed by atoms with van der Waals surface area (Å²) in [7, 11) is 1.65. The molecule has 3 fully saturated rings. The number of rotatable bonds is 4. The lowest BCUT2D eigenvalue weighted by Gasteiger charge is -2.51. The molecule has 5 nitrogen and oxygen atoms in total. The summed E-state index contributed by atoms with van der Waals surface area (Å²) in [6.07, 6.45) is 7.10. The van der Waals surface area contributed by atoms with Crippen molar-refractivity contribution >= 4 is 5.82 Å². The van der Waals surface area contributed by atoms with Gasteiger partial charge < -0.3 is 9.64 Å². The number of hydrogen-bond acceptors (Lipinski definition) is 5. The molecule has 1 unspecified atom stereocenters. The van der Waals surface area contributed by atoms with Crippen LogP contribution in [0.2, 0.25) is 0 Å². The molecule has 1 aliphatic carbocycles. The molecule has 1 saturated carbocycles. The first-order chi connectivity index (χ1) is 9.79. The van der Waals surface area contributed by atoms with Crippen LogP contribution >= 0.6 is 0 Å². The van der Waals surface area contributed by atoms with Gasteiger partial charge in [0.1, 0.15) is 12.1 Å². The van der Waals surface area contributed by atoms with E-state index in [0.717, 1.165) is 24.8 Å². The molecule has 108 valence electrons. The van der Waals surface area contributed by atoms with Crippen LogP contribution in [-0.2, 0) is 0 Å². The average Bonchev–Trinajstić information content (AvgIpc) is 3.18. The molecule has 0 aromatic carbocycles. The summed E-state index contributed by atoms with van der Waals surface area (Å²) >= 11 is 0. The summed E-state index contributed by atoms with van der Waals surface area (Å²) in [6.45, 7) is 4.82. The van der Waals surface area contributed by atoms with Crippen LogP contribution in [0.15, 0.2) is 12.4 Å². The van der Waals surface area contributed by atoms with E-state index in [4.69, 9.17) is 4.74 Å². The van der Waals surface area contributed by atoms with E-state index in [1.54, 1.807) is 13.4 Å². The van der Waals surface area contributed by atoms with Gasteiger partial charge in [-0.2, -0.15) is 0 Å². The second-order valence-corrected chi connectivity index (χ2v) is 6.45. The lowest BCUT2D eigenvalue weighted by atomic mass is 9.83. The minimum atomic E-state index is 0.431. The van der Waals surface area contributed by atoms with Gasteiger partial charge in [0.15, 0.2) is 0 Å². The van der Waals surface area contributed by atoms with E-state index in [1.165, 1.54) is 38.8 Å². The monoisotopic (exact) mass is 274 g/mol. The van der Waals surface area contributed by atoms with E-state index in [-0.39, 0.29) is 0 Å². The Morgan fingerprint density at radius 3 is 2.85 bits per heavy atom. The van der Waals surface area contributed by atoms with Gasteiger partial charge in [0.25, 0.3) is 0 Å². The molecule has 1 spiro atoms. The third-order valence-electron chi connectivity index (χ3n) is 5.19. The van der Waals surface area contributed by atoms with Crippen molar-refractivity contribution in [2.45, 2.75) is 31.2 Å². The van der Waals surface area contributed by atoms with Crippen molar-refractivity contribution in [3.05, 3.63) is 12.4 Å². The van der Waals surface area contributed by atoms with Gasteiger partial charge in [-0.15, -0.1) is 0 Å². The fourth-order valence-corrected chi connectivity index (χ4v) is 3.61. The fraction of sp³-hybridized carbons (Fsp3) is 0.733. The van der Waals surface area contributed by atoms with Gasteiger partial charge in [-0.3, -0.25) is 4.90 Å². The molecule has 5 heteroatoms. The van der Waals surface area contributed by atoms with Crippen LogP contribution in [0.3, 0.4) is 0 Å². The summed E-state index contributed by atoms with van der Waals surface area (Å²) in [6, 6.07) is 1.95. The smallest absolute Gasteiger partial charge is 0.218 e. The molecule has 0 amide bonds. The van der Waals surface area contributed by atoms with Gasteiger partial charge in [-0.25, -0.2) is 9.97 Å². The number of aromatic nitrogens is 2. The van der Waals surface area contributed by atoms with Crippen LogP contribution in [0.5, 0.6) is 5.88 Å². The van der Waals surface area contributed by atoms with Crippen LogP contribution in [0, 0.1) is 5.92 Å². The summed E-state index contributed by atoms with van der Waals surface area (Å²) in [5.74, 6) is 2.65. The second-order valence-electron chi connectivity index (χ2n) is 6.45. The Bertz CT molecular complexity index is 504. The lowest BCUT2D eigenvalue weighted by molar-refractivity contribution is -0.000856. The van der Waals surface area contributed by atoms with Gasteiger partial charge in [-0.1, -0.05) is 0 Å². The molecule has 3 heterocycles. The SMILES string of the molecule is COc1cc(N2CCC3(CCN3CC3CC3)C2)ncn1. The molecule has 1 aromatic rings. The molecular formula is C15H22N4O. The summed E-state index contributed by atoms with van der Waals surface area (Å²) in [4.78, 5) is 13.6. The predicted molar refractivity (Wildman–Crippen MR) is 77.1 cm³/mol. The standard InChI is InChI=1S/C15H22N4O/c1-20-14-8-13(16-11-17-14)18-6-4-15(10-18)5-7-19(15)9-12-2-3-12/h8,11-12H,2-7,9-10H2,1H3. The molecule has 0 bridgehead atoms. The van der Waals surface area contributed by atoms with Crippen LogP contribution in [-0.4, -0.2) is 53.7 Å². The molecule has 1 aromatic heterocycles. The number of methoxy groups -OCH3 is 1. The Hall–Kier alpha value is -1.36. The lowest BCUT2D eigenvalue weighted by Crippen LogP contribution is -2.61. The van der Waals surface area contributed by atoms with Gasteiger partial charge in [0, 0.05) is 37.8 Å². The zero-order valence-electron chi connectivity index (χ0n) is 12.1.